The molecular formula is C26H30N2O3. The number of morpholine rings is 1. The zero-order chi connectivity index (χ0) is 21.6. The normalized spacial score (nSPS) is 15.7. The van der Waals surface area contributed by atoms with E-state index in [1.54, 1.807) is 0 Å². The van der Waals surface area contributed by atoms with E-state index in [1.807, 2.05) is 38.1 Å². The molecule has 3 aromatic carbocycles. The van der Waals surface area contributed by atoms with E-state index < -0.39 is 0 Å². The first-order valence-corrected chi connectivity index (χ1v) is 11.0. The number of amides is 1. The summed E-state index contributed by atoms with van der Waals surface area (Å²) in [7, 11) is 0. The van der Waals surface area contributed by atoms with Gasteiger partial charge in [0.1, 0.15) is 5.75 Å². The minimum atomic E-state index is -0.0745. The van der Waals surface area contributed by atoms with Gasteiger partial charge in [-0.3, -0.25) is 9.69 Å². The van der Waals surface area contributed by atoms with E-state index in [4.69, 9.17) is 9.47 Å². The quantitative estimate of drug-likeness (QED) is 0.617. The Morgan fingerprint density at radius 3 is 2.45 bits per heavy atom. The molecule has 5 nitrogen and oxygen atoms in total. The highest BCUT2D eigenvalue weighted by Gasteiger charge is 2.24. The summed E-state index contributed by atoms with van der Waals surface area (Å²) in [5, 5.41) is 5.60. The molecule has 1 saturated heterocycles. The van der Waals surface area contributed by atoms with E-state index in [-0.39, 0.29) is 18.1 Å². The Hall–Kier alpha value is -2.89. The molecule has 3 aromatic rings. The molecule has 1 fully saturated rings. The number of nitrogens with one attached hydrogen (secondary N) is 1. The Morgan fingerprint density at radius 2 is 1.71 bits per heavy atom. The molecule has 1 N–H and O–H groups in total. The summed E-state index contributed by atoms with van der Waals surface area (Å²) in [5.74, 6) is 0.697. The summed E-state index contributed by atoms with van der Waals surface area (Å²) >= 11 is 0. The highest BCUT2D eigenvalue weighted by molar-refractivity contribution is 5.94. The van der Waals surface area contributed by atoms with Gasteiger partial charge in [0.15, 0.2) is 0 Å². The molecule has 1 atom stereocenters. The van der Waals surface area contributed by atoms with Crippen molar-refractivity contribution >= 4 is 16.7 Å². The molecule has 1 aliphatic heterocycles. The maximum absolute atomic E-state index is 12.9. The van der Waals surface area contributed by atoms with E-state index >= 15 is 0 Å². The average molecular weight is 419 g/mol. The lowest BCUT2D eigenvalue weighted by Crippen LogP contribution is -2.43. The highest BCUT2D eigenvalue weighted by Crippen LogP contribution is 2.29. The molecule has 0 bridgehead atoms. The number of nitrogens with zero attached hydrogens (tertiary/aromatic N) is 1. The van der Waals surface area contributed by atoms with Crippen molar-refractivity contribution in [2.45, 2.75) is 26.0 Å². The van der Waals surface area contributed by atoms with Gasteiger partial charge in [-0.2, -0.15) is 0 Å². The van der Waals surface area contributed by atoms with Crippen molar-refractivity contribution in [3.8, 4) is 5.75 Å². The van der Waals surface area contributed by atoms with Gasteiger partial charge in [-0.15, -0.1) is 0 Å². The zero-order valence-electron chi connectivity index (χ0n) is 18.2. The first-order chi connectivity index (χ1) is 15.1. The van der Waals surface area contributed by atoms with Crippen LogP contribution in [0.15, 0.2) is 66.7 Å². The summed E-state index contributed by atoms with van der Waals surface area (Å²) in [6.07, 6.45) is 0.106. The van der Waals surface area contributed by atoms with E-state index in [0.717, 1.165) is 18.8 Å². The third-order valence-electron chi connectivity index (χ3n) is 5.61. The third kappa shape index (κ3) is 5.24. The summed E-state index contributed by atoms with van der Waals surface area (Å²) < 4.78 is 11.2. The van der Waals surface area contributed by atoms with E-state index in [9.17, 15) is 4.79 Å². The standard InChI is InChI=1S/C26H30N2O3/c1-19(2)31-22-12-10-21(11-13-22)26(29)27-18-25(28-14-16-30-17-15-28)24-9-5-7-20-6-3-4-8-23(20)24/h3-13,19,25H,14-18H2,1-2H3,(H,27,29)/t25-/m1/s1. The lowest BCUT2D eigenvalue weighted by Gasteiger charge is -2.35. The molecule has 162 valence electrons. The summed E-state index contributed by atoms with van der Waals surface area (Å²) in [6.45, 7) is 7.64. The van der Waals surface area contributed by atoms with Crippen molar-refractivity contribution < 1.29 is 14.3 Å². The first-order valence-electron chi connectivity index (χ1n) is 11.0. The SMILES string of the molecule is CC(C)Oc1ccc(C(=O)NC[C@H](c2cccc3ccccc23)N2CCOCC2)cc1. The van der Waals surface area contributed by atoms with E-state index in [0.29, 0.717) is 25.3 Å². The first kappa shape index (κ1) is 21.3. The molecule has 1 amide bonds. The van der Waals surface area contributed by atoms with Gasteiger partial charge in [0.25, 0.3) is 5.91 Å². The number of carbonyl (C=O) groups excluding carboxylic acids is 1. The second kappa shape index (κ2) is 9.94. The molecule has 0 unspecified atom stereocenters. The van der Waals surface area contributed by atoms with Crippen LogP contribution in [0, 0.1) is 0 Å². The molecule has 0 saturated carbocycles. The number of ether oxygens (including phenoxy) is 2. The molecule has 5 heteroatoms. The minimum absolute atomic E-state index is 0.0745. The second-order valence-electron chi connectivity index (χ2n) is 8.13. The fourth-order valence-corrected chi connectivity index (χ4v) is 4.11. The smallest absolute Gasteiger partial charge is 0.251 e. The van der Waals surface area contributed by atoms with Gasteiger partial charge in [0.05, 0.1) is 25.4 Å². The Morgan fingerprint density at radius 1 is 1.00 bits per heavy atom. The van der Waals surface area contributed by atoms with Gasteiger partial charge in [-0.05, 0) is 54.4 Å². The Kier molecular flexibility index (Phi) is 6.85. The van der Waals surface area contributed by atoms with E-state index in [2.05, 4.69) is 52.7 Å². The average Bonchev–Trinajstić information content (AvgIpc) is 2.80. The maximum Gasteiger partial charge on any atom is 0.251 e. The van der Waals surface area contributed by atoms with E-state index in [1.165, 1.54) is 16.3 Å². The van der Waals surface area contributed by atoms with Crippen LogP contribution in [0.4, 0.5) is 0 Å². The minimum Gasteiger partial charge on any atom is -0.491 e. The number of hydrogen-bond donors (Lipinski definition) is 1. The van der Waals surface area contributed by atoms with Crippen LogP contribution in [-0.2, 0) is 4.74 Å². The van der Waals surface area contributed by atoms with Crippen LogP contribution in [0.25, 0.3) is 10.8 Å². The molecule has 0 radical (unpaired) electrons. The number of hydrogen-bond acceptors (Lipinski definition) is 4. The molecule has 0 aliphatic carbocycles. The third-order valence-corrected chi connectivity index (χ3v) is 5.61. The highest BCUT2D eigenvalue weighted by atomic mass is 16.5. The van der Waals surface area contributed by atoms with Gasteiger partial charge in [0, 0.05) is 25.2 Å². The largest absolute Gasteiger partial charge is 0.491 e. The maximum atomic E-state index is 12.9. The topological polar surface area (TPSA) is 50.8 Å². The summed E-state index contributed by atoms with van der Waals surface area (Å²) in [5.41, 5.74) is 1.87. The fraction of sp³-hybridized carbons (Fsp3) is 0.346. The molecule has 31 heavy (non-hydrogen) atoms. The number of benzene rings is 3. The Balaban J connectivity index is 1.53. The Labute approximate surface area is 184 Å². The van der Waals surface area contributed by atoms with Crippen molar-refractivity contribution in [2.24, 2.45) is 0 Å². The summed E-state index contributed by atoms with van der Waals surface area (Å²) in [6, 6.07) is 22.2. The monoisotopic (exact) mass is 418 g/mol. The van der Waals surface area contributed by atoms with Crippen molar-refractivity contribution in [2.75, 3.05) is 32.8 Å². The molecule has 0 aromatic heterocycles. The number of fused-ring (bicyclic) bond motifs is 1. The van der Waals surface area contributed by atoms with Gasteiger partial charge in [-0.1, -0.05) is 42.5 Å². The van der Waals surface area contributed by atoms with Crippen molar-refractivity contribution in [3.05, 3.63) is 77.9 Å². The van der Waals surface area contributed by atoms with Crippen LogP contribution in [0.1, 0.15) is 35.8 Å². The summed E-state index contributed by atoms with van der Waals surface area (Å²) in [4.78, 5) is 15.3. The lowest BCUT2D eigenvalue weighted by molar-refractivity contribution is 0.0165. The number of rotatable bonds is 7. The van der Waals surface area contributed by atoms with Crippen LogP contribution >= 0.6 is 0 Å². The zero-order valence-corrected chi connectivity index (χ0v) is 18.2. The second-order valence-corrected chi connectivity index (χ2v) is 8.13. The predicted molar refractivity (Wildman–Crippen MR) is 124 cm³/mol. The molecular weight excluding hydrogens is 388 g/mol. The fourth-order valence-electron chi connectivity index (χ4n) is 4.11. The predicted octanol–water partition coefficient (Wildman–Crippen LogP) is 4.43. The van der Waals surface area contributed by atoms with Crippen molar-refractivity contribution in [1.29, 1.82) is 0 Å². The van der Waals surface area contributed by atoms with Gasteiger partial charge < -0.3 is 14.8 Å². The molecule has 0 spiro atoms. The molecule has 1 aliphatic rings. The van der Waals surface area contributed by atoms with Crippen LogP contribution < -0.4 is 10.1 Å². The van der Waals surface area contributed by atoms with Gasteiger partial charge >= 0.3 is 0 Å². The van der Waals surface area contributed by atoms with Crippen LogP contribution in [0.3, 0.4) is 0 Å². The van der Waals surface area contributed by atoms with Gasteiger partial charge in [0.2, 0.25) is 0 Å². The van der Waals surface area contributed by atoms with Crippen LogP contribution in [0.5, 0.6) is 5.75 Å². The number of carbonyl (C=O) groups is 1. The molecule has 1 heterocycles. The van der Waals surface area contributed by atoms with Crippen LogP contribution in [-0.4, -0.2) is 49.8 Å². The van der Waals surface area contributed by atoms with Gasteiger partial charge in [-0.25, -0.2) is 0 Å². The molecule has 4 rings (SSSR count). The van der Waals surface area contributed by atoms with Crippen LogP contribution in [0.2, 0.25) is 0 Å². The Bertz CT molecular complexity index is 1010. The van der Waals surface area contributed by atoms with Crippen molar-refractivity contribution in [3.63, 3.8) is 0 Å². The van der Waals surface area contributed by atoms with Crippen molar-refractivity contribution in [1.82, 2.24) is 10.2 Å². The lowest BCUT2D eigenvalue weighted by atomic mass is 9.97.